The minimum absolute atomic E-state index is 0.0329. The highest BCUT2D eigenvalue weighted by Gasteiger charge is 2.25. The number of rotatable bonds is 7. The lowest BCUT2D eigenvalue weighted by atomic mass is 9.98. The Hall–Kier alpha value is -0.900. The van der Waals surface area contributed by atoms with Crippen LogP contribution >= 0.6 is 0 Å². The van der Waals surface area contributed by atoms with Crippen LogP contribution in [0.5, 0.6) is 0 Å². The molecule has 0 fully saturated rings. The number of benzene rings is 1. The zero-order valence-corrected chi connectivity index (χ0v) is 9.82. The second-order valence-corrected chi connectivity index (χ2v) is 4.11. The van der Waals surface area contributed by atoms with Gasteiger partial charge in [0.25, 0.3) is 0 Å². The number of hydrogen-bond acceptors (Lipinski definition) is 3. The van der Waals surface area contributed by atoms with Gasteiger partial charge < -0.3 is 15.5 Å². The fourth-order valence-corrected chi connectivity index (χ4v) is 1.63. The summed E-state index contributed by atoms with van der Waals surface area (Å²) in [5.74, 6) is 0. The Morgan fingerprint density at radius 3 is 2.25 bits per heavy atom. The van der Waals surface area contributed by atoms with E-state index in [-0.39, 0.29) is 13.2 Å². The summed E-state index contributed by atoms with van der Waals surface area (Å²) in [6.45, 7) is 2.66. The third-order valence-electron chi connectivity index (χ3n) is 3.04. The van der Waals surface area contributed by atoms with E-state index in [9.17, 15) is 10.2 Å². The molecule has 1 rings (SSSR count). The zero-order valence-electron chi connectivity index (χ0n) is 9.82. The SMILES string of the molecule is CCC(CO)(CO)NCCc1ccccc1. The molecule has 0 unspecified atom stereocenters. The molecule has 0 saturated heterocycles. The molecule has 0 amide bonds. The summed E-state index contributed by atoms with van der Waals surface area (Å²) >= 11 is 0. The molecular formula is C13H21NO2. The molecule has 3 N–H and O–H groups in total. The van der Waals surface area contributed by atoms with Crippen molar-refractivity contribution in [3.05, 3.63) is 35.9 Å². The molecule has 0 spiro atoms. The topological polar surface area (TPSA) is 52.5 Å². The van der Waals surface area contributed by atoms with Crippen molar-refractivity contribution in [2.45, 2.75) is 25.3 Å². The van der Waals surface area contributed by atoms with Crippen LogP contribution in [-0.2, 0) is 6.42 Å². The maximum atomic E-state index is 9.25. The van der Waals surface area contributed by atoms with Gasteiger partial charge in [0.05, 0.1) is 18.8 Å². The van der Waals surface area contributed by atoms with Gasteiger partial charge in [-0.15, -0.1) is 0 Å². The summed E-state index contributed by atoms with van der Waals surface area (Å²) in [7, 11) is 0. The van der Waals surface area contributed by atoms with Gasteiger partial charge in [-0.05, 0) is 24.9 Å². The van der Waals surface area contributed by atoms with Crippen LogP contribution in [0.2, 0.25) is 0 Å². The number of nitrogens with one attached hydrogen (secondary N) is 1. The van der Waals surface area contributed by atoms with E-state index in [4.69, 9.17) is 0 Å². The molecule has 3 nitrogen and oxygen atoms in total. The molecule has 0 aliphatic carbocycles. The Morgan fingerprint density at radius 2 is 1.75 bits per heavy atom. The van der Waals surface area contributed by atoms with Gasteiger partial charge in [-0.2, -0.15) is 0 Å². The van der Waals surface area contributed by atoms with Gasteiger partial charge in [0.2, 0.25) is 0 Å². The summed E-state index contributed by atoms with van der Waals surface area (Å²) in [5, 5.41) is 21.7. The molecule has 0 aromatic heterocycles. The standard InChI is InChI=1S/C13H21NO2/c1-2-13(10-15,11-16)14-9-8-12-6-4-3-5-7-12/h3-7,14-16H,2,8-11H2,1H3. The third kappa shape index (κ3) is 3.59. The van der Waals surface area contributed by atoms with Gasteiger partial charge in [-0.1, -0.05) is 37.3 Å². The molecule has 16 heavy (non-hydrogen) atoms. The van der Waals surface area contributed by atoms with Gasteiger partial charge in [0.15, 0.2) is 0 Å². The minimum Gasteiger partial charge on any atom is -0.394 e. The van der Waals surface area contributed by atoms with Crippen molar-refractivity contribution in [2.75, 3.05) is 19.8 Å². The van der Waals surface area contributed by atoms with Crippen LogP contribution in [0.3, 0.4) is 0 Å². The van der Waals surface area contributed by atoms with E-state index in [1.807, 2.05) is 25.1 Å². The lowest BCUT2D eigenvalue weighted by molar-refractivity contribution is 0.0883. The number of aliphatic hydroxyl groups excluding tert-OH is 2. The Balaban J connectivity index is 2.39. The van der Waals surface area contributed by atoms with Crippen LogP contribution < -0.4 is 5.32 Å². The second-order valence-electron chi connectivity index (χ2n) is 4.11. The van der Waals surface area contributed by atoms with Crippen LogP contribution in [-0.4, -0.2) is 35.5 Å². The molecule has 3 heteroatoms. The van der Waals surface area contributed by atoms with E-state index in [1.54, 1.807) is 0 Å². The van der Waals surface area contributed by atoms with E-state index >= 15 is 0 Å². The van der Waals surface area contributed by atoms with E-state index in [0.717, 1.165) is 19.4 Å². The van der Waals surface area contributed by atoms with E-state index in [2.05, 4.69) is 17.4 Å². The average molecular weight is 223 g/mol. The van der Waals surface area contributed by atoms with Gasteiger partial charge in [-0.3, -0.25) is 0 Å². The minimum atomic E-state index is -0.533. The largest absolute Gasteiger partial charge is 0.394 e. The Bertz CT molecular complexity index is 275. The predicted octanol–water partition coefficient (Wildman–Crippen LogP) is 0.952. The summed E-state index contributed by atoms with van der Waals surface area (Å²) in [6.07, 6.45) is 1.62. The fraction of sp³-hybridized carbons (Fsp3) is 0.538. The maximum absolute atomic E-state index is 9.25. The normalized spacial score (nSPS) is 11.7. The van der Waals surface area contributed by atoms with Gasteiger partial charge in [0.1, 0.15) is 0 Å². The zero-order chi connectivity index (χ0) is 11.9. The quantitative estimate of drug-likeness (QED) is 0.645. The van der Waals surface area contributed by atoms with Crippen molar-refractivity contribution < 1.29 is 10.2 Å². The molecule has 0 bridgehead atoms. The highest BCUT2D eigenvalue weighted by molar-refractivity contribution is 5.14. The highest BCUT2D eigenvalue weighted by atomic mass is 16.3. The fourth-order valence-electron chi connectivity index (χ4n) is 1.63. The number of aliphatic hydroxyl groups is 2. The molecular weight excluding hydrogens is 202 g/mol. The van der Waals surface area contributed by atoms with Crippen LogP contribution in [0.15, 0.2) is 30.3 Å². The molecule has 0 saturated carbocycles. The van der Waals surface area contributed by atoms with Gasteiger partial charge >= 0.3 is 0 Å². The van der Waals surface area contributed by atoms with Gasteiger partial charge in [-0.25, -0.2) is 0 Å². The van der Waals surface area contributed by atoms with Crippen LogP contribution in [0, 0.1) is 0 Å². The summed E-state index contributed by atoms with van der Waals surface area (Å²) in [6, 6.07) is 10.2. The summed E-state index contributed by atoms with van der Waals surface area (Å²) in [5.41, 5.74) is 0.727. The van der Waals surface area contributed by atoms with Crippen molar-refractivity contribution in [1.82, 2.24) is 5.32 Å². The van der Waals surface area contributed by atoms with E-state index < -0.39 is 5.54 Å². The van der Waals surface area contributed by atoms with Crippen molar-refractivity contribution in [3.63, 3.8) is 0 Å². The van der Waals surface area contributed by atoms with Gasteiger partial charge in [0, 0.05) is 0 Å². The summed E-state index contributed by atoms with van der Waals surface area (Å²) in [4.78, 5) is 0. The molecule has 0 atom stereocenters. The molecule has 1 aromatic rings. The van der Waals surface area contributed by atoms with Crippen molar-refractivity contribution in [3.8, 4) is 0 Å². The first-order valence-corrected chi connectivity index (χ1v) is 5.77. The molecule has 0 aliphatic rings. The molecule has 1 aromatic carbocycles. The lowest BCUT2D eigenvalue weighted by Gasteiger charge is -2.29. The third-order valence-corrected chi connectivity index (χ3v) is 3.04. The molecule has 0 radical (unpaired) electrons. The highest BCUT2D eigenvalue weighted by Crippen LogP contribution is 2.08. The monoisotopic (exact) mass is 223 g/mol. The predicted molar refractivity (Wildman–Crippen MR) is 65.3 cm³/mol. The Morgan fingerprint density at radius 1 is 1.12 bits per heavy atom. The lowest BCUT2D eigenvalue weighted by Crippen LogP contribution is -2.51. The second kappa shape index (κ2) is 6.63. The van der Waals surface area contributed by atoms with Crippen molar-refractivity contribution >= 4 is 0 Å². The van der Waals surface area contributed by atoms with Crippen LogP contribution in [0.4, 0.5) is 0 Å². The Labute approximate surface area is 97.1 Å². The summed E-state index contributed by atoms with van der Waals surface area (Å²) < 4.78 is 0. The first kappa shape index (κ1) is 13.2. The van der Waals surface area contributed by atoms with Crippen LogP contribution in [0.1, 0.15) is 18.9 Å². The van der Waals surface area contributed by atoms with E-state index in [1.165, 1.54) is 5.56 Å². The molecule has 0 heterocycles. The van der Waals surface area contributed by atoms with Crippen LogP contribution in [0.25, 0.3) is 0 Å². The van der Waals surface area contributed by atoms with Crippen molar-refractivity contribution in [1.29, 1.82) is 0 Å². The first-order chi connectivity index (χ1) is 7.76. The smallest absolute Gasteiger partial charge is 0.0645 e. The Kier molecular flexibility index (Phi) is 5.46. The number of hydrogen-bond donors (Lipinski definition) is 3. The van der Waals surface area contributed by atoms with Crippen molar-refractivity contribution in [2.24, 2.45) is 0 Å². The first-order valence-electron chi connectivity index (χ1n) is 5.77. The maximum Gasteiger partial charge on any atom is 0.0645 e. The molecule has 0 aliphatic heterocycles. The average Bonchev–Trinajstić information content (AvgIpc) is 2.37. The molecule has 90 valence electrons. The van der Waals surface area contributed by atoms with E-state index in [0.29, 0.717) is 0 Å².